The van der Waals surface area contributed by atoms with Crippen molar-refractivity contribution in [1.82, 2.24) is 9.55 Å². The quantitative estimate of drug-likeness (QED) is 0.833. The summed E-state index contributed by atoms with van der Waals surface area (Å²) in [6.07, 6.45) is 0.217. The molecule has 1 aromatic carbocycles. The van der Waals surface area contributed by atoms with Gasteiger partial charge in [0.1, 0.15) is 5.75 Å². The molecular formula is C19H23N3O3S. The van der Waals surface area contributed by atoms with E-state index in [4.69, 9.17) is 4.74 Å². The monoisotopic (exact) mass is 373 g/mol. The number of para-hydroxylation sites is 2. The number of rotatable bonds is 4. The maximum Gasteiger partial charge on any atom is 0.254 e. The van der Waals surface area contributed by atoms with Crippen molar-refractivity contribution in [2.45, 2.75) is 43.8 Å². The molecule has 0 aliphatic carbocycles. The summed E-state index contributed by atoms with van der Waals surface area (Å²) in [6, 6.07) is 8.65. The van der Waals surface area contributed by atoms with Gasteiger partial charge in [0.25, 0.3) is 5.56 Å². The van der Waals surface area contributed by atoms with Gasteiger partial charge >= 0.3 is 0 Å². The maximum absolute atomic E-state index is 12.6. The molecule has 0 bridgehead atoms. The van der Waals surface area contributed by atoms with Crippen LogP contribution in [0.4, 0.5) is 5.69 Å². The summed E-state index contributed by atoms with van der Waals surface area (Å²) < 4.78 is 6.89. The topological polar surface area (TPSA) is 73.2 Å². The molecule has 2 aromatic rings. The minimum atomic E-state index is -0.196. The fourth-order valence-corrected chi connectivity index (χ4v) is 4.00. The Morgan fingerprint density at radius 2 is 2.12 bits per heavy atom. The molecule has 1 unspecified atom stereocenters. The number of anilines is 1. The van der Waals surface area contributed by atoms with E-state index in [1.54, 1.807) is 29.9 Å². The molecule has 138 valence electrons. The number of ether oxygens (including phenoxy) is 1. The second-order valence-electron chi connectivity index (χ2n) is 7.30. The van der Waals surface area contributed by atoms with Crippen molar-refractivity contribution >= 4 is 23.4 Å². The third-order valence-electron chi connectivity index (χ3n) is 4.26. The largest absolute Gasteiger partial charge is 0.495 e. The van der Waals surface area contributed by atoms with Gasteiger partial charge in [-0.15, -0.1) is 0 Å². The highest BCUT2D eigenvalue weighted by Gasteiger charge is 2.29. The van der Waals surface area contributed by atoms with Gasteiger partial charge in [-0.05, 0) is 12.1 Å². The van der Waals surface area contributed by atoms with E-state index in [1.807, 2.05) is 32.9 Å². The maximum atomic E-state index is 12.6. The van der Waals surface area contributed by atoms with Crippen LogP contribution in [-0.2, 0) is 10.2 Å². The Hall–Kier alpha value is -2.28. The van der Waals surface area contributed by atoms with Crippen molar-refractivity contribution in [3.63, 3.8) is 0 Å². The van der Waals surface area contributed by atoms with Gasteiger partial charge < -0.3 is 10.1 Å². The zero-order valence-corrected chi connectivity index (χ0v) is 16.2. The number of aromatic nitrogens is 2. The Bertz CT molecular complexity index is 886. The summed E-state index contributed by atoms with van der Waals surface area (Å²) in [5.41, 5.74) is 1.12. The van der Waals surface area contributed by atoms with E-state index < -0.39 is 0 Å². The van der Waals surface area contributed by atoms with Crippen molar-refractivity contribution in [1.29, 1.82) is 0 Å². The van der Waals surface area contributed by atoms with Gasteiger partial charge in [-0.1, -0.05) is 44.7 Å². The average Bonchev–Trinajstić information content (AvgIpc) is 2.98. The summed E-state index contributed by atoms with van der Waals surface area (Å²) in [5.74, 6) is 1.12. The second kappa shape index (κ2) is 7.15. The van der Waals surface area contributed by atoms with E-state index in [-0.39, 0.29) is 29.3 Å². The van der Waals surface area contributed by atoms with E-state index in [1.165, 1.54) is 11.8 Å². The number of methoxy groups -OCH3 is 1. The van der Waals surface area contributed by atoms with E-state index in [2.05, 4.69) is 10.3 Å². The van der Waals surface area contributed by atoms with Crippen LogP contribution in [-0.4, -0.2) is 28.3 Å². The fourth-order valence-electron chi connectivity index (χ4n) is 2.85. The normalized spacial score (nSPS) is 16.2. The van der Waals surface area contributed by atoms with Crippen LogP contribution in [0.5, 0.6) is 5.75 Å². The van der Waals surface area contributed by atoms with Gasteiger partial charge in [0.15, 0.2) is 5.16 Å². The molecule has 1 aliphatic heterocycles. The number of hydrogen-bond donors (Lipinski definition) is 1. The SMILES string of the molecule is COc1ccccc1NC(=O)CC1CSc2nc(C(C)(C)C)cc(=O)n21. The predicted molar refractivity (Wildman–Crippen MR) is 103 cm³/mol. The molecule has 1 atom stereocenters. The van der Waals surface area contributed by atoms with Crippen molar-refractivity contribution in [2.75, 3.05) is 18.2 Å². The minimum Gasteiger partial charge on any atom is -0.495 e. The van der Waals surface area contributed by atoms with Crippen LogP contribution in [0.2, 0.25) is 0 Å². The number of carbonyl (C=O) groups excluding carboxylic acids is 1. The van der Waals surface area contributed by atoms with Crippen LogP contribution in [0.3, 0.4) is 0 Å². The third kappa shape index (κ3) is 3.77. The lowest BCUT2D eigenvalue weighted by Crippen LogP contribution is -2.29. The number of benzene rings is 1. The third-order valence-corrected chi connectivity index (χ3v) is 5.36. The first-order valence-corrected chi connectivity index (χ1v) is 9.48. The van der Waals surface area contributed by atoms with Crippen LogP contribution in [0, 0.1) is 0 Å². The van der Waals surface area contributed by atoms with Crippen LogP contribution < -0.4 is 15.6 Å². The van der Waals surface area contributed by atoms with Gasteiger partial charge in [-0.2, -0.15) is 0 Å². The molecule has 0 saturated carbocycles. The molecule has 3 rings (SSSR count). The number of fused-ring (bicyclic) bond motifs is 1. The first kappa shape index (κ1) is 18.5. The van der Waals surface area contributed by atoms with Crippen molar-refractivity contribution < 1.29 is 9.53 Å². The number of amides is 1. The van der Waals surface area contributed by atoms with Gasteiger partial charge in [0, 0.05) is 23.7 Å². The van der Waals surface area contributed by atoms with Crippen LogP contribution >= 0.6 is 11.8 Å². The highest BCUT2D eigenvalue weighted by Crippen LogP contribution is 2.34. The number of carbonyl (C=O) groups is 1. The Labute approximate surface area is 157 Å². The van der Waals surface area contributed by atoms with E-state index >= 15 is 0 Å². The van der Waals surface area contributed by atoms with Crippen LogP contribution in [0.1, 0.15) is 38.9 Å². The Morgan fingerprint density at radius 3 is 2.81 bits per heavy atom. The standard InChI is InChI=1S/C19H23N3O3S/c1-19(2,3)15-10-17(24)22-12(11-26-18(22)21-15)9-16(23)20-13-7-5-6-8-14(13)25-4/h5-8,10,12H,9,11H2,1-4H3,(H,20,23). The molecule has 2 heterocycles. The van der Waals surface area contributed by atoms with Crippen molar-refractivity contribution in [3.05, 3.63) is 46.4 Å². The van der Waals surface area contributed by atoms with Crippen LogP contribution in [0.25, 0.3) is 0 Å². The molecular weight excluding hydrogens is 350 g/mol. The zero-order chi connectivity index (χ0) is 18.9. The molecule has 1 N–H and O–H groups in total. The van der Waals surface area contributed by atoms with E-state index in [0.717, 1.165) is 5.69 Å². The second-order valence-corrected chi connectivity index (χ2v) is 8.29. The summed E-state index contributed by atoms with van der Waals surface area (Å²) in [7, 11) is 1.56. The number of thioether (sulfide) groups is 1. The molecule has 26 heavy (non-hydrogen) atoms. The first-order valence-electron chi connectivity index (χ1n) is 8.49. The molecule has 0 radical (unpaired) electrons. The molecule has 7 heteroatoms. The Balaban J connectivity index is 1.78. The lowest BCUT2D eigenvalue weighted by molar-refractivity contribution is -0.116. The average molecular weight is 373 g/mol. The molecule has 0 spiro atoms. The smallest absolute Gasteiger partial charge is 0.254 e. The van der Waals surface area contributed by atoms with Crippen molar-refractivity contribution in [3.8, 4) is 5.75 Å². The fraction of sp³-hybridized carbons (Fsp3) is 0.421. The van der Waals surface area contributed by atoms with E-state index in [0.29, 0.717) is 22.3 Å². The molecule has 0 saturated heterocycles. The number of nitrogens with one attached hydrogen (secondary N) is 1. The lowest BCUT2D eigenvalue weighted by Gasteiger charge is -2.19. The Morgan fingerprint density at radius 1 is 1.38 bits per heavy atom. The summed E-state index contributed by atoms with van der Waals surface area (Å²) in [4.78, 5) is 29.7. The molecule has 1 aliphatic rings. The Kier molecular flexibility index (Phi) is 5.09. The highest BCUT2D eigenvalue weighted by atomic mass is 32.2. The number of hydrogen-bond acceptors (Lipinski definition) is 5. The molecule has 1 aromatic heterocycles. The molecule has 1 amide bonds. The van der Waals surface area contributed by atoms with E-state index in [9.17, 15) is 9.59 Å². The van der Waals surface area contributed by atoms with Gasteiger partial charge in [-0.3, -0.25) is 14.2 Å². The highest BCUT2D eigenvalue weighted by molar-refractivity contribution is 7.99. The predicted octanol–water partition coefficient (Wildman–Crippen LogP) is 3.23. The molecule has 6 nitrogen and oxygen atoms in total. The van der Waals surface area contributed by atoms with Gasteiger partial charge in [0.05, 0.1) is 24.5 Å². The minimum absolute atomic E-state index is 0.0972. The van der Waals surface area contributed by atoms with Gasteiger partial charge in [-0.25, -0.2) is 4.98 Å². The zero-order valence-electron chi connectivity index (χ0n) is 15.4. The molecule has 0 fully saturated rings. The summed E-state index contributed by atoms with van der Waals surface area (Å²) >= 11 is 1.52. The van der Waals surface area contributed by atoms with Gasteiger partial charge in [0.2, 0.25) is 5.91 Å². The summed E-state index contributed by atoms with van der Waals surface area (Å²) in [5, 5.41) is 3.56. The first-order chi connectivity index (χ1) is 12.3. The summed E-state index contributed by atoms with van der Waals surface area (Å²) in [6.45, 7) is 6.09. The lowest BCUT2D eigenvalue weighted by atomic mass is 9.92. The van der Waals surface area contributed by atoms with Crippen molar-refractivity contribution in [2.24, 2.45) is 0 Å². The van der Waals surface area contributed by atoms with Crippen LogP contribution in [0.15, 0.2) is 40.3 Å². The number of nitrogens with zero attached hydrogens (tertiary/aromatic N) is 2.